The number of benzene rings is 2. The molecule has 1 aliphatic heterocycles. The summed E-state index contributed by atoms with van der Waals surface area (Å²) in [6.45, 7) is 5.89. The number of rotatable bonds is 6. The van der Waals surface area contributed by atoms with Gasteiger partial charge in [-0.1, -0.05) is 36.4 Å². The van der Waals surface area contributed by atoms with E-state index in [0.29, 0.717) is 13.1 Å². The number of aryl methyl sites for hydroxylation is 1. The van der Waals surface area contributed by atoms with E-state index in [0.717, 1.165) is 42.9 Å². The number of para-hydroxylation sites is 1. The number of carbonyl (C=O) groups excluding carboxylic acids is 1. The Kier molecular flexibility index (Phi) is 6.85. The fourth-order valence-corrected chi connectivity index (χ4v) is 3.37. The van der Waals surface area contributed by atoms with Crippen LogP contribution in [0.3, 0.4) is 0 Å². The molecule has 1 atom stereocenters. The molecule has 1 aliphatic rings. The van der Waals surface area contributed by atoms with Crippen molar-refractivity contribution >= 4 is 5.91 Å². The Labute approximate surface area is 161 Å². The average molecular weight is 368 g/mol. The fraction of sp³-hybridized carbons (Fsp3) is 0.409. The number of carbonyl (C=O) groups is 1. The van der Waals surface area contributed by atoms with Crippen LogP contribution in [0.4, 0.5) is 0 Å². The molecule has 2 aromatic rings. The molecule has 1 amide bonds. The van der Waals surface area contributed by atoms with Crippen molar-refractivity contribution in [1.82, 2.24) is 9.80 Å². The zero-order valence-corrected chi connectivity index (χ0v) is 15.9. The second-order valence-corrected chi connectivity index (χ2v) is 7.04. The van der Waals surface area contributed by atoms with Crippen LogP contribution in [0.2, 0.25) is 0 Å². The summed E-state index contributed by atoms with van der Waals surface area (Å²) in [5.74, 6) is 0.896. The summed E-state index contributed by atoms with van der Waals surface area (Å²) in [6.07, 6.45) is 0.352. The summed E-state index contributed by atoms with van der Waals surface area (Å²) in [6, 6.07) is 17.2. The molecule has 0 aliphatic carbocycles. The first kappa shape index (κ1) is 19.4. The standard InChI is InChI=1S/C22H28N2O3/c1-18-8-5-6-11-21(18)27-17-20(25)16-23-12-7-13-24(15-14-23)22(26)19-9-3-2-4-10-19/h2-6,8-11,20,25H,7,12-17H2,1H3. The number of hydrogen-bond donors (Lipinski definition) is 1. The molecule has 1 unspecified atom stereocenters. The largest absolute Gasteiger partial charge is 0.491 e. The molecular weight excluding hydrogens is 340 g/mol. The Balaban J connectivity index is 1.46. The number of β-amino-alcohol motifs (C(OH)–C–C–N with tert-alkyl or cyclic N) is 1. The van der Waals surface area contributed by atoms with Crippen LogP contribution in [-0.2, 0) is 0 Å². The third-order valence-electron chi connectivity index (χ3n) is 4.89. The molecule has 0 aromatic heterocycles. The first-order chi connectivity index (χ1) is 13.1. The number of ether oxygens (including phenoxy) is 1. The maximum absolute atomic E-state index is 12.6. The van der Waals surface area contributed by atoms with Gasteiger partial charge in [-0.15, -0.1) is 0 Å². The van der Waals surface area contributed by atoms with Crippen molar-refractivity contribution in [3.63, 3.8) is 0 Å². The zero-order chi connectivity index (χ0) is 19.1. The van der Waals surface area contributed by atoms with Crippen LogP contribution < -0.4 is 4.74 Å². The molecule has 2 aromatic carbocycles. The Hall–Kier alpha value is -2.37. The minimum Gasteiger partial charge on any atom is -0.491 e. The van der Waals surface area contributed by atoms with Crippen LogP contribution in [0, 0.1) is 6.92 Å². The van der Waals surface area contributed by atoms with E-state index < -0.39 is 6.10 Å². The molecule has 1 N–H and O–H groups in total. The summed E-state index contributed by atoms with van der Waals surface area (Å²) < 4.78 is 5.75. The molecule has 5 heteroatoms. The summed E-state index contributed by atoms with van der Waals surface area (Å²) >= 11 is 0. The SMILES string of the molecule is Cc1ccccc1OCC(O)CN1CCCN(C(=O)c2ccccc2)CC1. The van der Waals surface area contributed by atoms with Gasteiger partial charge < -0.3 is 14.7 Å². The van der Waals surface area contributed by atoms with Crippen molar-refractivity contribution in [2.45, 2.75) is 19.4 Å². The second-order valence-electron chi connectivity index (χ2n) is 7.04. The number of aliphatic hydroxyl groups excluding tert-OH is 1. The van der Waals surface area contributed by atoms with Crippen molar-refractivity contribution in [2.75, 3.05) is 39.3 Å². The van der Waals surface area contributed by atoms with Gasteiger partial charge in [0.2, 0.25) is 0 Å². The highest BCUT2D eigenvalue weighted by Gasteiger charge is 2.21. The Morgan fingerprint density at radius 2 is 1.78 bits per heavy atom. The van der Waals surface area contributed by atoms with Gasteiger partial charge in [-0.3, -0.25) is 9.69 Å². The van der Waals surface area contributed by atoms with Crippen molar-refractivity contribution in [3.8, 4) is 5.75 Å². The molecule has 1 heterocycles. The molecule has 1 fully saturated rings. The molecule has 5 nitrogen and oxygen atoms in total. The first-order valence-electron chi connectivity index (χ1n) is 9.56. The molecule has 27 heavy (non-hydrogen) atoms. The fourth-order valence-electron chi connectivity index (χ4n) is 3.37. The predicted molar refractivity (Wildman–Crippen MR) is 106 cm³/mol. The lowest BCUT2D eigenvalue weighted by Crippen LogP contribution is -2.39. The predicted octanol–water partition coefficient (Wildman–Crippen LogP) is 2.58. The smallest absolute Gasteiger partial charge is 0.253 e. The first-order valence-corrected chi connectivity index (χ1v) is 9.56. The second kappa shape index (κ2) is 9.53. The molecule has 0 spiro atoms. The van der Waals surface area contributed by atoms with E-state index in [4.69, 9.17) is 4.74 Å². The van der Waals surface area contributed by atoms with Gasteiger partial charge in [0.15, 0.2) is 0 Å². The Morgan fingerprint density at radius 1 is 1.04 bits per heavy atom. The molecule has 3 rings (SSSR count). The van der Waals surface area contributed by atoms with E-state index in [-0.39, 0.29) is 12.5 Å². The van der Waals surface area contributed by atoms with Gasteiger partial charge in [-0.05, 0) is 43.7 Å². The van der Waals surface area contributed by atoms with Gasteiger partial charge in [-0.25, -0.2) is 0 Å². The van der Waals surface area contributed by atoms with Crippen molar-refractivity contribution < 1.29 is 14.6 Å². The van der Waals surface area contributed by atoms with Gasteiger partial charge in [0, 0.05) is 31.7 Å². The molecule has 0 bridgehead atoms. The van der Waals surface area contributed by atoms with Crippen LogP contribution in [0.15, 0.2) is 54.6 Å². The zero-order valence-electron chi connectivity index (χ0n) is 15.9. The van der Waals surface area contributed by atoms with Crippen LogP contribution in [0.5, 0.6) is 5.75 Å². The van der Waals surface area contributed by atoms with Gasteiger partial charge in [0.1, 0.15) is 18.5 Å². The number of amides is 1. The Bertz CT molecular complexity index is 735. The summed E-state index contributed by atoms with van der Waals surface area (Å²) in [5, 5.41) is 10.4. The van der Waals surface area contributed by atoms with Crippen molar-refractivity contribution in [1.29, 1.82) is 0 Å². The van der Waals surface area contributed by atoms with Gasteiger partial charge in [0.05, 0.1) is 0 Å². The third-order valence-corrected chi connectivity index (χ3v) is 4.89. The van der Waals surface area contributed by atoms with Crippen molar-refractivity contribution in [3.05, 3.63) is 65.7 Å². The summed E-state index contributed by atoms with van der Waals surface area (Å²) in [5.41, 5.74) is 1.80. The van der Waals surface area contributed by atoms with Gasteiger partial charge in [-0.2, -0.15) is 0 Å². The van der Waals surface area contributed by atoms with E-state index in [9.17, 15) is 9.90 Å². The summed E-state index contributed by atoms with van der Waals surface area (Å²) in [7, 11) is 0. The number of hydrogen-bond acceptors (Lipinski definition) is 4. The Morgan fingerprint density at radius 3 is 2.56 bits per heavy atom. The molecule has 144 valence electrons. The normalized spacial score (nSPS) is 16.6. The number of nitrogens with zero attached hydrogens (tertiary/aromatic N) is 2. The van der Waals surface area contributed by atoms with E-state index >= 15 is 0 Å². The lowest BCUT2D eigenvalue weighted by molar-refractivity contribution is 0.0668. The van der Waals surface area contributed by atoms with Gasteiger partial charge >= 0.3 is 0 Å². The van der Waals surface area contributed by atoms with E-state index in [2.05, 4.69) is 4.90 Å². The van der Waals surface area contributed by atoms with Gasteiger partial charge in [0.25, 0.3) is 5.91 Å². The molecule has 0 radical (unpaired) electrons. The average Bonchev–Trinajstić information content (AvgIpc) is 2.93. The lowest BCUT2D eigenvalue weighted by atomic mass is 10.2. The minimum atomic E-state index is -0.555. The molecule has 1 saturated heterocycles. The topological polar surface area (TPSA) is 53.0 Å². The maximum atomic E-state index is 12.6. The van der Waals surface area contributed by atoms with Crippen LogP contribution in [-0.4, -0.2) is 66.2 Å². The van der Waals surface area contributed by atoms with Crippen LogP contribution >= 0.6 is 0 Å². The van der Waals surface area contributed by atoms with Crippen LogP contribution in [0.25, 0.3) is 0 Å². The molecular formula is C22H28N2O3. The van der Waals surface area contributed by atoms with E-state index in [1.807, 2.05) is 66.4 Å². The molecule has 0 saturated carbocycles. The van der Waals surface area contributed by atoms with Crippen LogP contribution in [0.1, 0.15) is 22.3 Å². The monoisotopic (exact) mass is 368 g/mol. The highest BCUT2D eigenvalue weighted by atomic mass is 16.5. The maximum Gasteiger partial charge on any atom is 0.253 e. The van der Waals surface area contributed by atoms with E-state index in [1.165, 1.54) is 0 Å². The third kappa shape index (κ3) is 5.55. The van der Waals surface area contributed by atoms with Crippen molar-refractivity contribution in [2.24, 2.45) is 0 Å². The highest BCUT2D eigenvalue weighted by Crippen LogP contribution is 2.16. The quantitative estimate of drug-likeness (QED) is 0.852. The lowest BCUT2D eigenvalue weighted by Gasteiger charge is -2.24. The summed E-state index contributed by atoms with van der Waals surface area (Å²) in [4.78, 5) is 16.7. The highest BCUT2D eigenvalue weighted by molar-refractivity contribution is 5.94. The minimum absolute atomic E-state index is 0.0842. The van der Waals surface area contributed by atoms with E-state index in [1.54, 1.807) is 0 Å². The number of aliphatic hydroxyl groups is 1.